The zero-order valence-corrected chi connectivity index (χ0v) is 13.7. The molecule has 1 aromatic carbocycles. The van der Waals surface area contributed by atoms with E-state index in [4.69, 9.17) is 39.8 Å². The van der Waals surface area contributed by atoms with E-state index >= 15 is 0 Å². The van der Waals surface area contributed by atoms with Crippen molar-refractivity contribution in [2.75, 3.05) is 7.05 Å². The van der Waals surface area contributed by atoms with Crippen molar-refractivity contribution in [1.82, 2.24) is 10.2 Å². The monoisotopic (exact) mass is 352 g/mol. The Morgan fingerprint density at radius 1 is 1.23 bits per heavy atom. The van der Waals surface area contributed by atoms with Gasteiger partial charge in [0.05, 0.1) is 10.0 Å². The molecule has 1 aliphatic heterocycles. The van der Waals surface area contributed by atoms with E-state index in [0.29, 0.717) is 32.4 Å². The maximum absolute atomic E-state index is 11.9. The summed E-state index contributed by atoms with van der Waals surface area (Å²) in [7, 11) is 1.61. The van der Waals surface area contributed by atoms with Gasteiger partial charge in [0.15, 0.2) is 5.11 Å². The third kappa shape index (κ3) is 2.75. The highest BCUT2D eigenvalue weighted by molar-refractivity contribution is 7.80. The molecule has 22 heavy (non-hydrogen) atoms. The van der Waals surface area contributed by atoms with Crippen LogP contribution in [0, 0.1) is 0 Å². The summed E-state index contributed by atoms with van der Waals surface area (Å²) in [4.78, 5) is 13.3. The summed E-state index contributed by atoms with van der Waals surface area (Å²) in [5, 5.41) is 4.14. The second kappa shape index (κ2) is 5.76. The van der Waals surface area contributed by atoms with Crippen LogP contribution in [0.2, 0.25) is 10.0 Å². The molecule has 7 heteroatoms. The number of rotatable bonds is 2. The molecule has 1 saturated heterocycles. The maximum atomic E-state index is 11.9. The third-order valence-corrected chi connectivity index (χ3v) is 4.31. The second-order valence-electron chi connectivity index (χ2n) is 4.68. The molecule has 1 N–H and O–H groups in total. The lowest BCUT2D eigenvalue weighted by molar-refractivity contribution is -0.121. The topological polar surface area (TPSA) is 45.5 Å². The van der Waals surface area contributed by atoms with Gasteiger partial charge >= 0.3 is 0 Å². The molecule has 1 aromatic heterocycles. The molecule has 0 atom stereocenters. The number of halogens is 2. The molecule has 0 aliphatic carbocycles. The molecular formula is C15H10Cl2N2O2S. The van der Waals surface area contributed by atoms with Crippen LogP contribution in [0.25, 0.3) is 17.4 Å². The van der Waals surface area contributed by atoms with E-state index in [1.54, 1.807) is 37.4 Å². The van der Waals surface area contributed by atoms with Crippen molar-refractivity contribution in [3.63, 3.8) is 0 Å². The first kappa shape index (κ1) is 15.1. The van der Waals surface area contributed by atoms with Gasteiger partial charge in [0.2, 0.25) is 0 Å². The van der Waals surface area contributed by atoms with Gasteiger partial charge in [0, 0.05) is 18.7 Å². The predicted molar refractivity (Wildman–Crippen MR) is 90.6 cm³/mol. The standard InChI is InChI=1S/C15H10Cl2N2O2S/c1-19-14(20)12(18-15(19)22)7-9-3-5-13(21-9)8-2-4-10(16)11(17)6-8/h2-7H,1H3,(H,18,22)/b12-7+. The van der Waals surface area contributed by atoms with Crippen molar-refractivity contribution < 1.29 is 9.21 Å². The molecule has 1 amide bonds. The number of hydrogen-bond acceptors (Lipinski definition) is 3. The van der Waals surface area contributed by atoms with E-state index in [1.807, 2.05) is 6.07 Å². The SMILES string of the molecule is CN1C(=O)/C(=C\c2ccc(-c3ccc(Cl)c(Cl)c3)o2)NC1=S. The van der Waals surface area contributed by atoms with Gasteiger partial charge < -0.3 is 9.73 Å². The van der Waals surface area contributed by atoms with Crippen LogP contribution in [0.5, 0.6) is 0 Å². The van der Waals surface area contributed by atoms with E-state index in [9.17, 15) is 4.79 Å². The number of furan rings is 1. The number of carbonyl (C=O) groups is 1. The minimum absolute atomic E-state index is 0.197. The van der Waals surface area contributed by atoms with Gasteiger partial charge in [0.1, 0.15) is 17.2 Å². The Morgan fingerprint density at radius 3 is 2.64 bits per heavy atom. The Bertz CT molecular complexity index is 814. The zero-order valence-electron chi connectivity index (χ0n) is 11.4. The Labute approximate surface area is 142 Å². The van der Waals surface area contributed by atoms with Crippen LogP contribution in [0.1, 0.15) is 5.76 Å². The molecule has 3 rings (SSSR count). The van der Waals surface area contributed by atoms with Crippen molar-refractivity contribution in [3.05, 3.63) is 51.8 Å². The van der Waals surface area contributed by atoms with Crippen LogP contribution in [0.3, 0.4) is 0 Å². The number of benzene rings is 1. The maximum Gasteiger partial charge on any atom is 0.276 e. The van der Waals surface area contributed by atoms with E-state index in [1.165, 1.54) is 4.90 Å². The van der Waals surface area contributed by atoms with Gasteiger partial charge in [-0.3, -0.25) is 9.69 Å². The lowest BCUT2D eigenvalue weighted by Gasteiger charge is -2.02. The largest absolute Gasteiger partial charge is 0.457 e. The average molecular weight is 353 g/mol. The Morgan fingerprint density at radius 2 is 2.00 bits per heavy atom. The van der Waals surface area contributed by atoms with Gasteiger partial charge in [-0.1, -0.05) is 23.2 Å². The number of thiocarbonyl (C=S) groups is 1. The summed E-state index contributed by atoms with van der Waals surface area (Å²) in [6.07, 6.45) is 1.61. The lowest BCUT2D eigenvalue weighted by atomic mass is 10.2. The van der Waals surface area contributed by atoms with Crippen molar-refractivity contribution in [1.29, 1.82) is 0 Å². The first-order valence-electron chi connectivity index (χ1n) is 6.31. The number of hydrogen-bond donors (Lipinski definition) is 1. The molecule has 2 aromatic rings. The highest BCUT2D eigenvalue weighted by Gasteiger charge is 2.27. The average Bonchev–Trinajstić information content (AvgIpc) is 3.04. The zero-order chi connectivity index (χ0) is 15.9. The van der Waals surface area contributed by atoms with Crippen LogP contribution in [-0.4, -0.2) is 23.0 Å². The summed E-state index contributed by atoms with van der Waals surface area (Å²) >= 11 is 16.9. The van der Waals surface area contributed by atoms with Crippen LogP contribution in [0.4, 0.5) is 0 Å². The summed E-state index contributed by atoms with van der Waals surface area (Å²) < 4.78 is 5.71. The minimum Gasteiger partial charge on any atom is -0.457 e. The molecule has 1 aliphatic rings. The van der Waals surface area contributed by atoms with Crippen LogP contribution in [0.15, 0.2) is 40.4 Å². The van der Waals surface area contributed by atoms with Crippen LogP contribution >= 0.6 is 35.4 Å². The number of amides is 1. The van der Waals surface area contributed by atoms with E-state index in [2.05, 4.69) is 5.32 Å². The number of likely N-dealkylation sites (N-methyl/N-ethyl adjacent to an activating group) is 1. The van der Waals surface area contributed by atoms with Gasteiger partial charge in [-0.25, -0.2) is 0 Å². The minimum atomic E-state index is -0.197. The Balaban J connectivity index is 1.90. The Kier molecular flexibility index (Phi) is 3.95. The van der Waals surface area contributed by atoms with Crippen LogP contribution in [-0.2, 0) is 4.79 Å². The molecule has 2 heterocycles. The summed E-state index contributed by atoms with van der Waals surface area (Å²) in [6.45, 7) is 0. The summed E-state index contributed by atoms with van der Waals surface area (Å²) in [5.41, 5.74) is 1.18. The van der Waals surface area contributed by atoms with E-state index in [-0.39, 0.29) is 5.91 Å². The van der Waals surface area contributed by atoms with Crippen molar-refractivity contribution in [2.45, 2.75) is 0 Å². The van der Waals surface area contributed by atoms with Gasteiger partial charge in [-0.05, 0) is 42.5 Å². The molecule has 0 unspecified atom stereocenters. The quantitative estimate of drug-likeness (QED) is 0.656. The van der Waals surface area contributed by atoms with Crippen molar-refractivity contribution in [2.24, 2.45) is 0 Å². The molecule has 0 bridgehead atoms. The second-order valence-corrected chi connectivity index (χ2v) is 5.88. The number of carbonyl (C=O) groups excluding carboxylic acids is 1. The van der Waals surface area contributed by atoms with Gasteiger partial charge in [-0.2, -0.15) is 0 Å². The predicted octanol–water partition coefficient (Wildman–Crippen LogP) is 3.94. The van der Waals surface area contributed by atoms with Crippen LogP contribution < -0.4 is 5.32 Å². The molecular weight excluding hydrogens is 343 g/mol. The molecule has 112 valence electrons. The van der Waals surface area contributed by atoms with Crippen molar-refractivity contribution in [3.8, 4) is 11.3 Å². The lowest BCUT2D eigenvalue weighted by Crippen LogP contribution is -2.25. The number of nitrogens with one attached hydrogen (secondary N) is 1. The van der Waals surface area contributed by atoms with Gasteiger partial charge in [0.25, 0.3) is 5.91 Å². The molecule has 4 nitrogen and oxygen atoms in total. The smallest absolute Gasteiger partial charge is 0.276 e. The normalized spacial score (nSPS) is 16.5. The highest BCUT2D eigenvalue weighted by Crippen LogP contribution is 2.30. The fourth-order valence-electron chi connectivity index (χ4n) is 2.00. The molecule has 0 radical (unpaired) electrons. The van der Waals surface area contributed by atoms with Crippen molar-refractivity contribution >= 4 is 52.5 Å². The molecule has 0 saturated carbocycles. The Hall–Kier alpha value is -1.82. The first-order valence-corrected chi connectivity index (χ1v) is 7.48. The fraction of sp³-hybridized carbons (Fsp3) is 0.0667. The summed E-state index contributed by atoms with van der Waals surface area (Å²) in [5.74, 6) is 0.972. The highest BCUT2D eigenvalue weighted by atomic mass is 35.5. The number of nitrogens with zero attached hydrogens (tertiary/aromatic N) is 1. The van der Waals surface area contributed by atoms with E-state index < -0.39 is 0 Å². The molecule has 0 spiro atoms. The molecule has 1 fully saturated rings. The first-order chi connectivity index (χ1) is 10.5. The summed E-state index contributed by atoms with van der Waals surface area (Å²) in [6, 6.07) is 8.80. The van der Waals surface area contributed by atoms with Gasteiger partial charge in [-0.15, -0.1) is 0 Å². The fourth-order valence-corrected chi connectivity index (χ4v) is 2.49. The third-order valence-electron chi connectivity index (χ3n) is 3.20. The van der Waals surface area contributed by atoms with E-state index in [0.717, 1.165) is 5.56 Å².